The van der Waals surface area contributed by atoms with Crippen molar-refractivity contribution in [1.29, 1.82) is 0 Å². The number of methoxy groups -OCH3 is 1. The molecule has 3 heteroatoms. The second-order valence-electron chi connectivity index (χ2n) is 4.81. The number of hydrogen-bond donors (Lipinski definition) is 1. The van der Waals surface area contributed by atoms with E-state index in [4.69, 9.17) is 4.74 Å². The Bertz CT molecular complexity index is 329. The predicted molar refractivity (Wildman–Crippen MR) is 81.4 cm³/mol. The van der Waals surface area contributed by atoms with Crippen LogP contribution >= 0.6 is 0 Å². The van der Waals surface area contributed by atoms with Gasteiger partial charge in [-0.2, -0.15) is 0 Å². The van der Waals surface area contributed by atoms with Gasteiger partial charge in [-0.3, -0.25) is 4.90 Å². The third-order valence-electron chi connectivity index (χ3n) is 3.63. The zero-order chi connectivity index (χ0) is 14.1. The number of ether oxygens (including phenoxy) is 1. The molecule has 0 amide bonds. The molecule has 2 unspecified atom stereocenters. The van der Waals surface area contributed by atoms with Gasteiger partial charge in [0.25, 0.3) is 0 Å². The number of rotatable bonds is 9. The largest absolute Gasteiger partial charge is 0.383 e. The van der Waals surface area contributed by atoms with E-state index in [0.29, 0.717) is 12.1 Å². The van der Waals surface area contributed by atoms with Crippen molar-refractivity contribution in [3.63, 3.8) is 0 Å². The predicted octanol–water partition coefficient (Wildman–Crippen LogP) is 2.69. The Morgan fingerprint density at radius 3 is 2.42 bits per heavy atom. The average Bonchev–Trinajstić information content (AvgIpc) is 2.46. The molecular formula is C16H28N2O. The lowest BCUT2D eigenvalue weighted by atomic mass is 9.99. The van der Waals surface area contributed by atoms with Crippen molar-refractivity contribution < 1.29 is 4.74 Å². The SMILES string of the molecule is CCNC(c1ccccc1)C(C)N(CC)CCOC. The average molecular weight is 264 g/mol. The fourth-order valence-electron chi connectivity index (χ4n) is 2.52. The summed E-state index contributed by atoms with van der Waals surface area (Å²) in [6.07, 6.45) is 0. The summed E-state index contributed by atoms with van der Waals surface area (Å²) in [7, 11) is 1.76. The van der Waals surface area contributed by atoms with Crippen molar-refractivity contribution in [1.82, 2.24) is 10.2 Å². The Morgan fingerprint density at radius 1 is 1.21 bits per heavy atom. The van der Waals surface area contributed by atoms with Crippen molar-refractivity contribution in [2.24, 2.45) is 0 Å². The molecule has 1 rings (SSSR count). The lowest BCUT2D eigenvalue weighted by molar-refractivity contribution is 0.113. The van der Waals surface area contributed by atoms with E-state index < -0.39 is 0 Å². The highest BCUT2D eigenvalue weighted by Gasteiger charge is 2.22. The van der Waals surface area contributed by atoms with Gasteiger partial charge in [0.2, 0.25) is 0 Å². The van der Waals surface area contributed by atoms with E-state index in [2.05, 4.69) is 61.3 Å². The zero-order valence-corrected chi connectivity index (χ0v) is 12.7. The van der Waals surface area contributed by atoms with Crippen LogP contribution in [-0.2, 0) is 4.74 Å². The van der Waals surface area contributed by atoms with Crippen LogP contribution in [0.4, 0.5) is 0 Å². The van der Waals surface area contributed by atoms with Crippen LogP contribution in [0, 0.1) is 0 Å². The van der Waals surface area contributed by atoms with Gasteiger partial charge in [0.15, 0.2) is 0 Å². The summed E-state index contributed by atoms with van der Waals surface area (Å²) in [5.74, 6) is 0. The first-order valence-electron chi connectivity index (χ1n) is 7.25. The van der Waals surface area contributed by atoms with Gasteiger partial charge >= 0.3 is 0 Å². The monoisotopic (exact) mass is 264 g/mol. The molecule has 2 atom stereocenters. The van der Waals surface area contributed by atoms with E-state index in [-0.39, 0.29) is 0 Å². The Morgan fingerprint density at radius 2 is 1.89 bits per heavy atom. The number of hydrogen-bond acceptors (Lipinski definition) is 3. The molecule has 0 aliphatic heterocycles. The smallest absolute Gasteiger partial charge is 0.0589 e. The Labute approximate surface area is 118 Å². The van der Waals surface area contributed by atoms with E-state index in [1.807, 2.05) is 0 Å². The maximum absolute atomic E-state index is 5.21. The van der Waals surface area contributed by atoms with Crippen molar-refractivity contribution in [2.75, 3.05) is 33.4 Å². The van der Waals surface area contributed by atoms with E-state index >= 15 is 0 Å². The van der Waals surface area contributed by atoms with Crippen LogP contribution in [0.5, 0.6) is 0 Å². The quantitative estimate of drug-likeness (QED) is 0.742. The van der Waals surface area contributed by atoms with Crippen LogP contribution in [0.3, 0.4) is 0 Å². The van der Waals surface area contributed by atoms with E-state index in [0.717, 1.165) is 26.2 Å². The van der Waals surface area contributed by atoms with Gasteiger partial charge in [-0.25, -0.2) is 0 Å². The number of nitrogens with one attached hydrogen (secondary N) is 1. The van der Waals surface area contributed by atoms with Crippen LogP contribution in [0.15, 0.2) is 30.3 Å². The third-order valence-corrected chi connectivity index (χ3v) is 3.63. The fraction of sp³-hybridized carbons (Fsp3) is 0.625. The Balaban J connectivity index is 2.79. The lowest BCUT2D eigenvalue weighted by Gasteiger charge is -2.34. The molecule has 1 N–H and O–H groups in total. The normalized spacial score (nSPS) is 14.6. The molecule has 0 saturated carbocycles. The summed E-state index contributed by atoms with van der Waals surface area (Å²) in [4.78, 5) is 2.46. The minimum absolute atomic E-state index is 0.364. The number of benzene rings is 1. The second kappa shape index (κ2) is 9.08. The van der Waals surface area contributed by atoms with E-state index in [1.54, 1.807) is 7.11 Å². The third kappa shape index (κ3) is 4.94. The first-order valence-corrected chi connectivity index (χ1v) is 7.25. The minimum Gasteiger partial charge on any atom is -0.383 e. The number of nitrogens with zero attached hydrogens (tertiary/aromatic N) is 1. The Kier molecular flexibility index (Phi) is 7.72. The maximum Gasteiger partial charge on any atom is 0.0589 e. The molecule has 3 nitrogen and oxygen atoms in total. The molecule has 0 bridgehead atoms. The standard InChI is InChI=1S/C16H28N2O/c1-5-17-16(15-10-8-7-9-11-15)14(3)18(6-2)12-13-19-4/h7-11,14,16-17H,5-6,12-13H2,1-4H3. The molecule has 0 heterocycles. The highest BCUT2D eigenvalue weighted by Crippen LogP contribution is 2.20. The van der Waals surface area contributed by atoms with Crippen molar-refractivity contribution >= 4 is 0 Å². The summed E-state index contributed by atoms with van der Waals surface area (Å²) in [6, 6.07) is 11.5. The van der Waals surface area contributed by atoms with Gasteiger partial charge in [0, 0.05) is 25.7 Å². The number of likely N-dealkylation sites (N-methyl/N-ethyl adjacent to an activating group) is 2. The summed E-state index contributed by atoms with van der Waals surface area (Å²) in [5.41, 5.74) is 1.35. The first-order chi connectivity index (χ1) is 9.24. The summed E-state index contributed by atoms with van der Waals surface area (Å²) >= 11 is 0. The van der Waals surface area contributed by atoms with Crippen LogP contribution in [0.2, 0.25) is 0 Å². The van der Waals surface area contributed by atoms with Gasteiger partial charge in [-0.1, -0.05) is 44.2 Å². The van der Waals surface area contributed by atoms with Crippen molar-refractivity contribution in [3.05, 3.63) is 35.9 Å². The van der Waals surface area contributed by atoms with Gasteiger partial charge in [-0.05, 0) is 25.6 Å². The van der Waals surface area contributed by atoms with Gasteiger partial charge in [0.05, 0.1) is 6.61 Å². The van der Waals surface area contributed by atoms with Crippen molar-refractivity contribution in [3.8, 4) is 0 Å². The second-order valence-corrected chi connectivity index (χ2v) is 4.81. The fourth-order valence-corrected chi connectivity index (χ4v) is 2.52. The maximum atomic E-state index is 5.21. The topological polar surface area (TPSA) is 24.5 Å². The molecule has 0 saturated heterocycles. The molecule has 1 aromatic rings. The van der Waals surface area contributed by atoms with E-state index in [1.165, 1.54) is 5.56 Å². The molecular weight excluding hydrogens is 236 g/mol. The van der Waals surface area contributed by atoms with Gasteiger partial charge in [-0.15, -0.1) is 0 Å². The lowest BCUT2D eigenvalue weighted by Crippen LogP contribution is -2.44. The summed E-state index contributed by atoms with van der Waals surface area (Å²) < 4.78 is 5.21. The first kappa shape index (κ1) is 16.2. The molecule has 0 spiro atoms. The van der Waals surface area contributed by atoms with Crippen LogP contribution < -0.4 is 5.32 Å². The van der Waals surface area contributed by atoms with E-state index in [9.17, 15) is 0 Å². The summed E-state index contributed by atoms with van der Waals surface area (Å²) in [6.45, 7) is 10.4. The minimum atomic E-state index is 0.364. The van der Waals surface area contributed by atoms with Crippen LogP contribution in [0.25, 0.3) is 0 Å². The summed E-state index contributed by atoms with van der Waals surface area (Å²) in [5, 5.41) is 3.61. The molecule has 0 fully saturated rings. The molecule has 1 aromatic carbocycles. The molecule has 0 aliphatic rings. The van der Waals surface area contributed by atoms with Crippen LogP contribution in [-0.4, -0.2) is 44.3 Å². The van der Waals surface area contributed by atoms with Gasteiger partial charge in [0.1, 0.15) is 0 Å². The molecule has 0 aliphatic carbocycles. The van der Waals surface area contributed by atoms with Crippen molar-refractivity contribution in [2.45, 2.75) is 32.9 Å². The Hall–Kier alpha value is -0.900. The molecule has 0 aromatic heterocycles. The molecule has 108 valence electrons. The van der Waals surface area contributed by atoms with Gasteiger partial charge < -0.3 is 10.1 Å². The molecule has 0 radical (unpaired) electrons. The zero-order valence-electron chi connectivity index (χ0n) is 12.7. The highest BCUT2D eigenvalue weighted by atomic mass is 16.5. The van der Waals surface area contributed by atoms with Crippen LogP contribution in [0.1, 0.15) is 32.4 Å². The highest BCUT2D eigenvalue weighted by molar-refractivity contribution is 5.20. The molecule has 19 heavy (non-hydrogen) atoms.